The number of ether oxygens (including phenoxy) is 1. The molecule has 1 fully saturated rings. The van der Waals surface area contributed by atoms with Gasteiger partial charge in [-0.25, -0.2) is 0 Å². The van der Waals surface area contributed by atoms with Gasteiger partial charge >= 0.3 is 5.97 Å². The Morgan fingerprint density at radius 2 is 2.70 bits per heavy atom. The molecule has 10 heavy (non-hydrogen) atoms. The molecule has 0 bridgehead atoms. The van der Waals surface area contributed by atoms with Gasteiger partial charge in [-0.2, -0.15) is 0 Å². The fraction of sp³-hybridized carbons (Fsp3) is 0.857. The van der Waals surface area contributed by atoms with Crippen LogP contribution >= 0.6 is 0 Å². The minimum Gasteiger partial charge on any atom is -0.468 e. The lowest BCUT2D eigenvalue weighted by atomic mass is 10.1. The van der Waals surface area contributed by atoms with Crippen molar-refractivity contribution in [2.24, 2.45) is 0 Å². The van der Waals surface area contributed by atoms with Crippen LogP contribution in [0.4, 0.5) is 0 Å². The summed E-state index contributed by atoms with van der Waals surface area (Å²) in [6, 6.07) is -3.11. The maximum atomic E-state index is 11.5. The quantitative estimate of drug-likeness (QED) is 0.549. The van der Waals surface area contributed by atoms with Crippen molar-refractivity contribution in [2.75, 3.05) is 13.6 Å². The number of carbonyl (C=O) groups excluding carboxylic acids is 1. The van der Waals surface area contributed by atoms with Gasteiger partial charge in [-0.05, 0) is 19.2 Å². The third kappa shape index (κ3) is 1.70. The molecule has 1 heterocycles. The largest absolute Gasteiger partial charge is 0.468 e. The lowest BCUT2D eigenvalue weighted by molar-refractivity contribution is -0.143. The van der Waals surface area contributed by atoms with Crippen molar-refractivity contribution in [1.29, 1.82) is 0 Å². The van der Waals surface area contributed by atoms with Crippen LogP contribution in [-0.2, 0) is 9.53 Å². The van der Waals surface area contributed by atoms with E-state index in [2.05, 4.69) is 4.74 Å². The molecule has 0 amide bonds. The molecule has 0 spiro atoms. The van der Waals surface area contributed by atoms with Crippen molar-refractivity contribution >= 4 is 5.97 Å². The molecule has 1 N–H and O–H groups in total. The Labute approximate surface area is 73.4 Å². The number of hydrogen-bond donors (Lipinski definition) is 1. The summed E-state index contributed by atoms with van der Waals surface area (Å²) >= 11 is 0. The number of esters is 1. The summed E-state index contributed by atoms with van der Waals surface area (Å²) in [5.41, 5.74) is 0. The van der Waals surface area contributed by atoms with E-state index in [9.17, 15) is 4.79 Å². The van der Waals surface area contributed by atoms with Gasteiger partial charge < -0.3 is 10.1 Å². The topological polar surface area (TPSA) is 38.3 Å². The molecule has 0 saturated carbocycles. The Morgan fingerprint density at radius 3 is 3.40 bits per heavy atom. The molecule has 3 nitrogen and oxygen atoms in total. The van der Waals surface area contributed by atoms with Crippen molar-refractivity contribution in [3.63, 3.8) is 0 Å². The summed E-state index contributed by atoms with van der Waals surface area (Å²) in [4.78, 5) is 11.5. The first-order valence-electron chi connectivity index (χ1n) is 7.07. The molecular formula is C7H13NO2. The molecule has 1 aliphatic rings. The van der Waals surface area contributed by atoms with E-state index in [1.54, 1.807) is 5.32 Å². The fourth-order valence-electron chi connectivity index (χ4n) is 0.454. The molecule has 1 unspecified atom stereocenters. The molecule has 58 valence electrons. The first-order valence-corrected chi connectivity index (χ1v) is 2.57. The monoisotopic (exact) mass is 152 g/mol. The van der Waals surface area contributed by atoms with Gasteiger partial charge in [0.25, 0.3) is 0 Å². The van der Waals surface area contributed by atoms with E-state index >= 15 is 0 Å². The van der Waals surface area contributed by atoms with E-state index in [0.29, 0.717) is 0 Å². The van der Waals surface area contributed by atoms with Crippen LogP contribution in [0.3, 0.4) is 0 Å². The van der Waals surface area contributed by atoms with Gasteiger partial charge in [0.1, 0.15) is 6.02 Å². The van der Waals surface area contributed by atoms with Crippen LogP contribution in [0.2, 0.25) is 0 Å². The molecule has 3 heteroatoms. The van der Waals surface area contributed by atoms with Crippen LogP contribution in [0.15, 0.2) is 0 Å². The standard InChI is InChI=1S/C7H13NO2/c1-10-7(9)6-4-2-3-5-8-6/h6,8H,2-5H2,1H3/i2D2,3D2,4D2,5D2,6D. The molecule has 0 radical (unpaired) electrons. The van der Waals surface area contributed by atoms with E-state index in [0.717, 1.165) is 7.11 Å². The van der Waals surface area contributed by atoms with Gasteiger partial charge in [-0.15, -0.1) is 0 Å². The summed E-state index contributed by atoms with van der Waals surface area (Å²) < 4.78 is 71.9. The second-order valence-electron chi connectivity index (χ2n) is 1.49. The predicted molar refractivity (Wildman–Crippen MR) is 37.7 cm³/mol. The first kappa shape index (κ1) is 1.97. The number of methoxy groups -OCH3 is 1. The van der Waals surface area contributed by atoms with E-state index in [1.165, 1.54) is 0 Å². The smallest absolute Gasteiger partial charge is 0.322 e. The zero-order chi connectivity index (χ0) is 15.5. The maximum absolute atomic E-state index is 11.5. The number of rotatable bonds is 1. The van der Waals surface area contributed by atoms with Crippen LogP contribution in [0, 0.1) is 0 Å². The second kappa shape index (κ2) is 3.56. The highest BCUT2D eigenvalue weighted by atomic mass is 16.5. The lowest BCUT2D eigenvalue weighted by Gasteiger charge is -2.20. The Kier molecular flexibility index (Phi) is 0.703. The number of hydrogen-bond acceptors (Lipinski definition) is 3. The van der Waals surface area contributed by atoms with Crippen molar-refractivity contribution in [3.8, 4) is 0 Å². The van der Waals surface area contributed by atoms with E-state index < -0.39 is 37.6 Å². The van der Waals surface area contributed by atoms with Crippen molar-refractivity contribution in [1.82, 2.24) is 5.32 Å². The highest BCUT2D eigenvalue weighted by molar-refractivity contribution is 5.75. The summed E-state index contributed by atoms with van der Waals surface area (Å²) in [6.45, 7) is -3.14. The Hall–Kier alpha value is -0.570. The van der Waals surface area contributed by atoms with Crippen LogP contribution in [0.25, 0.3) is 0 Å². The van der Waals surface area contributed by atoms with Gasteiger partial charge in [0.05, 0.1) is 8.48 Å². The summed E-state index contributed by atoms with van der Waals surface area (Å²) in [7, 11) is 0.838. The normalized spacial score (nSPS) is 66.7. The minimum atomic E-state index is -3.44. The van der Waals surface area contributed by atoms with Gasteiger partial charge in [0.2, 0.25) is 0 Å². The van der Waals surface area contributed by atoms with Crippen LogP contribution in [-0.4, -0.2) is 25.6 Å². The molecule has 1 saturated heterocycles. The van der Waals surface area contributed by atoms with E-state index in [4.69, 9.17) is 12.3 Å². The minimum absolute atomic E-state index is 0.838. The maximum Gasteiger partial charge on any atom is 0.322 e. The molecule has 1 aliphatic heterocycles. The van der Waals surface area contributed by atoms with Crippen LogP contribution < -0.4 is 5.32 Å². The summed E-state index contributed by atoms with van der Waals surface area (Å²) in [6.07, 6.45) is -10.1. The average Bonchev–Trinajstić information content (AvgIpc) is 2.24. The Bertz CT molecular complexity index is 409. The van der Waals surface area contributed by atoms with Crippen molar-refractivity contribution in [3.05, 3.63) is 0 Å². The number of nitrogens with one attached hydrogen (secondary N) is 1. The van der Waals surface area contributed by atoms with Gasteiger partial charge in [-0.3, -0.25) is 4.79 Å². The first-order chi connectivity index (χ1) is 8.19. The van der Waals surface area contributed by atoms with E-state index in [-0.39, 0.29) is 0 Å². The van der Waals surface area contributed by atoms with Crippen LogP contribution in [0.1, 0.15) is 31.5 Å². The van der Waals surface area contributed by atoms with Gasteiger partial charge in [0, 0.05) is 11.0 Å². The zero-order valence-corrected chi connectivity index (χ0v) is 5.32. The fourth-order valence-corrected chi connectivity index (χ4v) is 0.454. The molecule has 1 rings (SSSR count). The predicted octanol–water partition coefficient (Wildman–Crippen LogP) is 0.301. The molecule has 0 aromatic heterocycles. The van der Waals surface area contributed by atoms with E-state index in [1.807, 2.05) is 0 Å². The molecular weight excluding hydrogens is 130 g/mol. The molecule has 0 aromatic carbocycles. The van der Waals surface area contributed by atoms with Crippen molar-refractivity contribution in [2.45, 2.75) is 25.1 Å². The second-order valence-corrected chi connectivity index (χ2v) is 1.49. The summed E-state index contributed by atoms with van der Waals surface area (Å²) in [5, 5.41) is 1.59. The van der Waals surface area contributed by atoms with Crippen LogP contribution in [0.5, 0.6) is 0 Å². The summed E-state index contributed by atoms with van der Waals surface area (Å²) in [5.74, 6) is -1.54. The molecule has 0 aromatic rings. The Morgan fingerprint density at radius 1 is 1.90 bits per heavy atom. The highest BCUT2D eigenvalue weighted by Gasteiger charge is 2.20. The third-order valence-electron chi connectivity index (χ3n) is 0.890. The van der Waals surface area contributed by atoms with Crippen molar-refractivity contribution < 1.29 is 21.9 Å². The Balaban J connectivity index is 3.55. The molecule has 0 aliphatic carbocycles. The number of piperidine rings is 1. The highest BCUT2D eigenvalue weighted by Crippen LogP contribution is 2.07. The van der Waals surface area contributed by atoms with Gasteiger partial charge in [-0.1, -0.05) is 6.37 Å². The zero-order valence-electron chi connectivity index (χ0n) is 14.3. The SMILES string of the molecule is [2H]C1([2H])NC([2H])(C(=O)OC)C([2H])([2H])C([2H])([2H])C1([2H])[2H]. The lowest BCUT2D eigenvalue weighted by Crippen LogP contribution is -2.40. The number of carbonyl (C=O) groups is 1. The van der Waals surface area contributed by atoms with Gasteiger partial charge in [0.15, 0.2) is 0 Å². The molecule has 1 atom stereocenters. The average molecular weight is 152 g/mol. The third-order valence-corrected chi connectivity index (χ3v) is 0.890.